The van der Waals surface area contributed by atoms with Crippen molar-refractivity contribution in [2.45, 2.75) is 26.7 Å². The Bertz CT molecular complexity index is 2220. The third-order valence-corrected chi connectivity index (χ3v) is 9.37. The monoisotopic (exact) mass is 567 g/mol. The van der Waals surface area contributed by atoms with Crippen molar-refractivity contribution in [2.24, 2.45) is 7.05 Å². The summed E-state index contributed by atoms with van der Waals surface area (Å²) < 4.78 is 4.91. The van der Waals surface area contributed by atoms with Crippen LogP contribution in [-0.2, 0) is 7.05 Å². The van der Waals surface area contributed by atoms with Gasteiger partial charge < -0.3 is 0 Å². The first-order valence-electron chi connectivity index (χ1n) is 15.6. The van der Waals surface area contributed by atoms with Gasteiger partial charge in [0.1, 0.15) is 5.69 Å². The smallest absolute Gasteiger partial charge is 0.225 e. The van der Waals surface area contributed by atoms with Crippen LogP contribution in [0.3, 0.4) is 0 Å². The molecular weight excluding hydrogens is 532 g/mol. The van der Waals surface area contributed by atoms with Crippen LogP contribution in [0.25, 0.3) is 72.6 Å². The summed E-state index contributed by atoms with van der Waals surface area (Å²) in [6.45, 7) is 6.85. The molecule has 0 N–H and O–H groups in total. The molecule has 1 aliphatic carbocycles. The van der Waals surface area contributed by atoms with E-state index >= 15 is 0 Å². The Kier molecular flexibility index (Phi) is 6.13. The van der Waals surface area contributed by atoms with Gasteiger partial charge in [0, 0.05) is 11.1 Å². The molecule has 6 aromatic carbocycles. The van der Waals surface area contributed by atoms with Gasteiger partial charge in [-0.05, 0) is 75.5 Å². The van der Waals surface area contributed by atoms with Gasteiger partial charge in [-0.2, -0.15) is 4.57 Å². The number of fused-ring (bicyclic) bond motifs is 9. The largest absolute Gasteiger partial charge is 0.295 e. The van der Waals surface area contributed by atoms with Crippen molar-refractivity contribution in [3.05, 3.63) is 145 Å². The summed E-state index contributed by atoms with van der Waals surface area (Å²) in [6.07, 6.45) is 0. The highest BCUT2D eigenvalue weighted by molar-refractivity contribution is 6.07. The zero-order valence-corrected chi connectivity index (χ0v) is 25.7. The molecule has 44 heavy (non-hydrogen) atoms. The third kappa shape index (κ3) is 3.84. The van der Waals surface area contributed by atoms with Gasteiger partial charge in [0.25, 0.3) is 5.82 Å². The van der Waals surface area contributed by atoms with Gasteiger partial charge in [-0.1, -0.05) is 129 Å². The molecule has 0 bridgehead atoms. The van der Waals surface area contributed by atoms with Crippen LogP contribution < -0.4 is 4.57 Å². The maximum absolute atomic E-state index is 2.51. The van der Waals surface area contributed by atoms with E-state index < -0.39 is 0 Å². The lowest BCUT2D eigenvalue weighted by Gasteiger charge is -2.25. The van der Waals surface area contributed by atoms with Gasteiger partial charge in [0.05, 0.1) is 12.6 Å². The predicted molar refractivity (Wildman–Crippen MR) is 184 cm³/mol. The minimum absolute atomic E-state index is 0.382. The quantitative estimate of drug-likeness (QED) is 0.188. The summed E-state index contributed by atoms with van der Waals surface area (Å²) in [5.41, 5.74) is 17.6. The first-order chi connectivity index (χ1) is 21.5. The summed E-state index contributed by atoms with van der Waals surface area (Å²) in [6, 6.07) is 49.1. The lowest BCUT2D eigenvalue weighted by molar-refractivity contribution is -0.633. The van der Waals surface area contributed by atoms with Crippen LogP contribution in [0.1, 0.15) is 30.9 Å². The molecule has 1 heterocycles. The normalized spacial score (nSPS) is 11.8. The minimum Gasteiger partial charge on any atom is -0.225 e. The Morgan fingerprint density at radius 2 is 1.00 bits per heavy atom. The van der Waals surface area contributed by atoms with Crippen molar-refractivity contribution in [1.82, 2.24) is 4.57 Å². The second-order valence-corrected chi connectivity index (χ2v) is 12.2. The third-order valence-electron chi connectivity index (χ3n) is 9.37. The van der Waals surface area contributed by atoms with Crippen molar-refractivity contribution in [3.63, 3.8) is 0 Å². The Morgan fingerprint density at radius 1 is 0.500 bits per heavy atom. The summed E-state index contributed by atoms with van der Waals surface area (Å²) in [5.74, 6) is 1.57. The number of para-hydroxylation sites is 3. The molecule has 8 rings (SSSR count). The van der Waals surface area contributed by atoms with E-state index in [9.17, 15) is 0 Å². The minimum atomic E-state index is 0.382. The zero-order valence-electron chi connectivity index (χ0n) is 25.7. The number of aromatic nitrogens is 2. The molecule has 0 saturated carbocycles. The van der Waals surface area contributed by atoms with E-state index in [1.165, 1.54) is 83.7 Å². The summed E-state index contributed by atoms with van der Waals surface area (Å²) in [5, 5.41) is 0. The Balaban J connectivity index is 1.58. The van der Waals surface area contributed by atoms with E-state index in [2.05, 4.69) is 170 Å². The van der Waals surface area contributed by atoms with Gasteiger partial charge in [-0.15, -0.1) is 0 Å². The van der Waals surface area contributed by atoms with Crippen molar-refractivity contribution < 1.29 is 4.57 Å². The highest BCUT2D eigenvalue weighted by Crippen LogP contribution is 2.51. The number of rotatable bonds is 3. The van der Waals surface area contributed by atoms with Crippen molar-refractivity contribution in [1.29, 1.82) is 0 Å². The van der Waals surface area contributed by atoms with Crippen LogP contribution in [0.5, 0.6) is 0 Å². The second-order valence-electron chi connectivity index (χ2n) is 12.2. The summed E-state index contributed by atoms with van der Waals surface area (Å²) >= 11 is 0. The number of nitrogens with zero attached hydrogens (tertiary/aromatic N) is 2. The molecule has 212 valence electrons. The van der Waals surface area contributed by atoms with Crippen LogP contribution in [0.15, 0.2) is 133 Å². The van der Waals surface area contributed by atoms with Crippen LogP contribution in [0, 0.1) is 6.92 Å². The molecule has 0 saturated heterocycles. The fourth-order valence-corrected chi connectivity index (χ4v) is 7.36. The molecule has 7 aromatic rings. The van der Waals surface area contributed by atoms with Gasteiger partial charge in [-0.25, -0.2) is 4.57 Å². The average Bonchev–Trinajstić information content (AvgIpc) is 3.35. The molecule has 2 heteroatoms. The molecule has 2 nitrogen and oxygen atoms in total. The summed E-state index contributed by atoms with van der Waals surface area (Å²) in [7, 11) is 2.23. The van der Waals surface area contributed by atoms with E-state index in [1.54, 1.807) is 0 Å². The number of hydrogen-bond acceptors (Lipinski definition) is 0. The zero-order chi connectivity index (χ0) is 29.9. The van der Waals surface area contributed by atoms with E-state index in [1.807, 2.05) is 0 Å². The van der Waals surface area contributed by atoms with Crippen molar-refractivity contribution in [3.8, 4) is 61.6 Å². The Morgan fingerprint density at radius 3 is 1.64 bits per heavy atom. The van der Waals surface area contributed by atoms with Gasteiger partial charge >= 0.3 is 0 Å². The number of imidazole rings is 1. The van der Waals surface area contributed by atoms with Gasteiger partial charge in [-0.3, -0.25) is 0 Å². The molecular formula is C42H35N2+. The average molecular weight is 568 g/mol. The standard InChI is InChI=1S/C42H35N2/c1-27(2)29-15-11-12-22-37(29)44-39-24-14-13-23-38(39)43(4)42(44)40-28(3)25-26-36-34-20-8-7-18-32(34)30-16-5-6-17-31(30)33-19-9-10-21-35(33)41(36)40/h5-27H,1-4H3/q+1. The number of aryl methyl sites for hydroxylation is 2. The molecule has 1 aromatic heterocycles. The molecule has 0 amide bonds. The molecule has 0 fully saturated rings. The maximum atomic E-state index is 2.51. The lowest BCUT2D eigenvalue weighted by atomic mass is 9.78. The number of benzene rings is 6. The Labute approximate surface area is 259 Å². The van der Waals surface area contributed by atoms with E-state index in [0.29, 0.717) is 5.92 Å². The van der Waals surface area contributed by atoms with Crippen LogP contribution in [0.4, 0.5) is 0 Å². The molecule has 0 aliphatic heterocycles. The van der Waals surface area contributed by atoms with E-state index in [0.717, 1.165) is 0 Å². The highest BCUT2D eigenvalue weighted by Gasteiger charge is 2.33. The summed E-state index contributed by atoms with van der Waals surface area (Å²) in [4.78, 5) is 0. The first-order valence-corrected chi connectivity index (χ1v) is 15.6. The molecule has 0 unspecified atom stereocenters. The van der Waals surface area contributed by atoms with Crippen molar-refractivity contribution >= 4 is 11.0 Å². The maximum Gasteiger partial charge on any atom is 0.295 e. The number of hydrogen-bond donors (Lipinski definition) is 0. The fraction of sp³-hybridized carbons (Fsp3) is 0.119. The van der Waals surface area contributed by atoms with Crippen LogP contribution >= 0.6 is 0 Å². The van der Waals surface area contributed by atoms with E-state index in [-0.39, 0.29) is 0 Å². The fourth-order valence-electron chi connectivity index (χ4n) is 7.36. The molecule has 0 spiro atoms. The SMILES string of the molecule is Cc1ccc2c(c1-c1n(-c3ccccc3C(C)C)c3ccccc3[n+]1C)-c1ccccc1-c1ccccc1-c1ccccc1-2. The first kappa shape index (κ1) is 26.4. The van der Waals surface area contributed by atoms with Crippen LogP contribution in [0.2, 0.25) is 0 Å². The topological polar surface area (TPSA) is 8.81 Å². The Hall–Kier alpha value is -5.21. The molecule has 0 atom stereocenters. The lowest BCUT2D eigenvalue weighted by Crippen LogP contribution is -2.31. The highest BCUT2D eigenvalue weighted by atomic mass is 15.2. The molecule has 0 radical (unpaired) electrons. The predicted octanol–water partition coefficient (Wildman–Crippen LogP) is 10.5. The van der Waals surface area contributed by atoms with Gasteiger partial charge in [0.15, 0.2) is 11.0 Å². The van der Waals surface area contributed by atoms with Crippen LogP contribution in [-0.4, -0.2) is 4.57 Å². The van der Waals surface area contributed by atoms with E-state index in [4.69, 9.17) is 0 Å². The van der Waals surface area contributed by atoms with Crippen molar-refractivity contribution in [2.75, 3.05) is 0 Å². The molecule has 1 aliphatic rings. The second kappa shape index (κ2) is 10.2. The van der Waals surface area contributed by atoms with Gasteiger partial charge in [0.2, 0.25) is 0 Å².